The Morgan fingerprint density at radius 1 is 1.27 bits per heavy atom. The van der Waals surface area contributed by atoms with Crippen LogP contribution in [-0.4, -0.2) is 45.2 Å². The van der Waals surface area contributed by atoms with Crippen LogP contribution in [0.15, 0.2) is 61.5 Å². The first-order chi connectivity index (χ1) is 16.0. The van der Waals surface area contributed by atoms with Crippen molar-refractivity contribution >= 4 is 22.7 Å². The number of piperidine rings is 1. The fourth-order valence-electron chi connectivity index (χ4n) is 4.16. The normalized spacial score (nSPS) is 17.5. The molecule has 0 radical (unpaired) electrons. The van der Waals surface area contributed by atoms with E-state index in [1.165, 1.54) is 6.08 Å². The zero-order chi connectivity index (χ0) is 23.4. The largest absolute Gasteiger partial charge is 0.381 e. The highest BCUT2D eigenvalue weighted by atomic mass is 19.2. The minimum Gasteiger partial charge on any atom is -0.381 e. The van der Waals surface area contributed by atoms with Gasteiger partial charge in [0.15, 0.2) is 11.5 Å². The van der Waals surface area contributed by atoms with Crippen LogP contribution in [0.5, 0.6) is 0 Å². The second-order valence-corrected chi connectivity index (χ2v) is 8.06. The lowest BCUT2D eigenvalue weighted by molar-refractivity contribution is 0.460. The van der Waals surface area contributed by atoms with Crippen LogP contribution in [0, 0.1) is 0 Å². The molecule has 0 spiro atoms. The standard InChI is InChI=1S/C24H27F2N7/c1-2-4-16(9-18(26)12-25)21-11-17(22(14-30-21)32-7-3-5-19(27)15-32)10-20-13-31-24-23(28)29-6-8-33(20)24/h2,4,6,8-9,11,13-14,19H,1,3,5,7,10,12,15,27H2,(H2,28,29)/b16-4+,18-9+. The summed E-state index contributed by atoms with van der Waals surface area (Å²) >= 11 is 0. The summed E-state index contributed by atoms with van der Waals surface area (Å²) in [5.74, 6) is -0.522. The molecule has 1 unspecified atom stereocenters. The molecule has 1 saturated heterocycles. The van der Waals surface area contributed by atoms with Gasteiger partial charge in [0.1, 0.15) is 12.5 Å². The monoisotopic (exact) mass is 451 g/mol. The number of allylic oxidation sites excluding steroid dienone is 5. The molecule has 1 fully saturated rings. The lowest BCUT2D eigenvalue weighted by atomic mass is 10.0. The molecule has 0 bridgehead atoms. The van der Waals surface area contributed by atoms with Gasteiger partial charge in [0, 0.05) is 55.4 Å². The van der Waals surface area contributed by atoms with E-state index in [4.69, 9.17) is 11.5 Å². The van der Waals surface area contributed by atoms with Crippen LogP contribution in [0.3, 0.4) is 0 Å². The Balaban J connectivity index is 1.80. The molecule has 0 amide bonds. The molecular weight excluding hydrogens is 424 g/mol. The van der Waals surface area contributed by atoms with Crippen LogP contribution in [0.1, 0.15) is 29.8 Å². The van der Waals surface area contributed by atoms with Gasteiger partial charge in [-0.05, 0) is 30.5 Å². The maximum absolute atomic E-state index is 13.8. The fourth-order valence-corrected chi connectivity index (χ4v) is 4.16. The number of hydrogen-bond donors (Lipinski definition) is 2. The van der Waals surface area contributed by atoms with Crippen LogP contribution in [-0.2, 0) is 6.42 Å². The maximum Gasteiger partial charge on any atom is 0.180 e. The topological polar surface area (TPSA) is 98.4 Å². The molecular formula is C24H27F2N7. The van der Waals surface area contributed by atoms with Crippen molar-refractivity contribution in [3.8, 4) is 0 Å². The first kappa shape index (κ1) is 22.6. The first-order valence-corrected chi connectivity index (χ1v) is 10.8. The van der Waals surface area contributed by atoms with Crippen LogP contribution >= 0.6 is 0 Å². The molecule has 33 heavy (non-hydrogen) atoms. The van der Waals surface area contributed by atoms with E-state index in [2.05, 4.69) is 26.4 Å². The predicted molar refractivity (Wildman–Crippen MR) is 127 cm³/mol. The fraction of sp³-hybridized carbons (Fsp3) is 0.292. The quantitative estimate of drug-likeness (QED) is 0.533. The lowest BCUT2D eigenvalue weighted by Crippen LogP contribution is -2.43. The number of imidazole rings is 1. The highest BCUT2D eigenvalue weighted by molar-refractivity contribution is 5.75. The smallest absolute Gasteiger partial charge is 0.180 e. The van der Waals surface area contributed by atoms with Crippen molar-refractivity contribution in [1.82, 2.24) is 19.4 Å². The molecule has 0 aliphatic carbocycles. The van der Waals surface area contributed by atoms with Crippen molar-refractivity contribution in [3.05, 3.63) is 78.4 Å². The summed E-state index contributed by atoms with van der Waals surface area (Å²) < 4.78 is 28.5. The van der Waals surface area contributed by atoms with Crippen molar-refractivity contribution in [1.29, 1.82) is 0 Å². The van der Waals surface area contributed by atoms with E-state index in [-0.39, 0.29) is 6.04 Å². The number of halogens is 2. The van der Waals surface area contributed by atoms with Gasteiger partial charge in [0.2, 0.25) is 0 Å². The van der Waals surface area contributed by atoms with Gasteiger partial charge in [0.05, 0.1) is 17.6 Å². The summed E-state index contributed by atoms with van der Waals surface area (Å²) in [7, 11) is 0. The Hall–Kier alpha value is -3.59. The van der Waals surface area contributed by atoms with Crippen molar-refractivity contribution in [2.45, 2.75) is 25.3 Å². The Labute approximate surface area is 191 Å². The van der Waals surface area contributed by atoms with Gasteiger partial charge in [0.25, 0.3) is 0 Å². The zero-order valence-electron chi connectivity index (χ0n) is 18.3. The van der Waals surface area contributed by atoms with Crippen LogP contribution in [0.4, 0.5) is 20.3 Å². The average molecular weight is 452 g/mol. The van der Waals surface area contributed by atoms with Crippen LogP contribution in [0.2, 0.25) is 0 Å². The van der Waals surface area contributed by atoms with E-state index in [0.29, 0.717) is 29.2 Å². The lowest BCUT2D eigenvalue weighted by Gasteiger charge is -2.34. The van der Waals surface area contributed by atoms with Gasteiger partial charge >= 0.3 is 0 Å². The van der Waals surface area contributed by atoms with E-state index in [9.17, 15) is 8.78 Å². The number of aromatic nitrogens is 4. The molecule has 3 aromatic rings. The third-order valence-electron chi connectivity index (χ3n) is 5.70. The molecule has 7 nitrogen and oxygen atoms in total. The summed E-state index contributed by atoms with van der Waals surface area (Å²) in [5, 5.41) is 0. The minimum absolute atomic E-state index is 0.0887. The van der Waals surface area contributed by atoms with Crippen molar-refractivity contribution in [2.75, 3.05) is 30.4 Å². The zero-order valence-corrected chi connectivity index (χ0v) is 18.3. The number of anilines is 2. The predicted octanol–water partition coefficient (Wildman–Crippen LogP) is 3.62. The van der Waals surface area contributed by atoms with Gasteiger partial charge in [-0.3, -0.25) is 9.38 Å². The molecule has 1 atom stereocenters. The number of alkyl halides is 1. The summed E-state index contributed by atoms with van der Waals surface area (Å²) in [4.78, 5) is 15.3. The number of rotatable bonds is 7. The maximum atomic E-state index is 13.8. The van der Waals surface area contributed by atoms with Gasteiger partial charge in [-0.2, -0.15) is 0 Å². The Bertz CT molecular complexity index is 1210. The number of nitrogens with zero attached hydrogens (tertiary/aromatic N) is 5. The minimum atomic E-state index is -1.18. The SMILES string of the molecule is C=C/C=C(\C=C(\F)CF)c1cc(Cc2cnc3c(N)nccn23)c(N2CCCC(N)C2)cn1. The highest BCUT2D eigenvalue weighted by Gasteiger charge is 2.21. The van der Waals surface area contributed by atoms with Crippen LogP contribution in [0.25, 0.3) is 11.2 Å². The van der Waals surface area contributed by atoms with Gasteiger partial charge in [-0.15, -0.1) is 0 Å². The second kappa shape index (κ2) is 9.91. The summed E-state index contributed by atoms with van der Waals surface area (Å²) in [6, 6.07) is 1.99. The summed E-state index contributed by atoms with van der Waals surface area (Å²) in [6.45, 7) is 4.10. The van der Waals surface area contributed by atoms with Gasteiger partial charge < -0.3 is 16.4 Å². The molecule has 9 heteroatoms. The molecule has 0 aromatic carbocycles. The first-order valence-electron chi connectivity index (χ1n) is 10.8. The number of nitrogens with two attached hydrogens (primary N) is 2. The Morgan fingerprint density at radius 2 is 2.12 bits per heavy atom. The number of fused-ring (bicyclic) bond motifs is 1. The number of hydrogen-bond acceptors (Lipinski definition) is 6. The molecule has 4 N–H and O–H groups in total. The Morgan fingerprint density at radius 3 is 2.88 bits per heavy atom. The Kier molecular flexibility index (Phi) is 6.79. The average Bonchev–Trinajstić information content (AvgIpc) is 3.22. The van der Waals surface area contributed by atoms with E-state index in [0.717, 1.165) is 49.0 Å². The van der Waals surface area contributed by atoms with Gasteiger partial charge in [-0.25, -0.2) is 18.7 Å². The molecule has 1 aliphatic heterocycles. The molecule has 4 rings (SSSR count). The van der Waals surface area contributed by atoms with E-state index >= 15 is 0 Å². The molecule has 0 saturated carbocycles. The van der Waals surface area contributed by atoms with Crippen molar-refractivity contribution in [2.24, 2.45) is 5.73 Å². The van der Waals surface area contributed by atoms with Gasteiger partial charge in [-0.1, -0.05) is 18.7 Å². The molecule has 4 heterocycles. The van der Waals surface area contributed by atoms with Crippen molar-refractivity contribution in [3.63, 3.8) is 0 Å². The summed E-state index contributed by atoms with van der Waals surface area (Å²) in [5.41, 5.74) is 16.6. The van der Waals surface area contributed by atoms with Crippen molar-refractivity contribution < 1.29 is 8.78 Å². The second-order valence-electron chi connectivity index (χ2n) is 8.06. The number of nitrogen functional groups attached to an aromatic ring is 1. The molecule has 1 aliphatic rings. The third-order valence-corrected chi connectivity index (χ3v) is 5.70. The van der Waals surface area contributed by atoms with Crippen LogP contribution < -0.4 is 16.4 Å². The number of pyridine rings is 1. The van der Waals surface area contributed by atoms with E-state index < -0.39 is 12.5 Å². The van der Waals surface area contributed by atoms with E-state index in [1.54, 1.807) is 24.7 Å². The highest BCUT2D eigenvalue weighted by Crippen LogP contribution is 2.29. The molecule has 172 valence electrons. The summed E-state index contributed by atoms with van der Waals surface area (Å²) in [6.07, 6.45) is 13.8. The van der Waals surface area contributed by atoms with E-state index in [1.807, 2.05) is 16.7 Å². The third kappa shape index (κ3) is 4.93. The molecule has 3 aromatic heterocycles.